The van der Waals surface area contributed by atoms with Gasteiger partial charge < -0.3 is 14.9 Å². The monoisotopic (exact) mass is 434 g/mol. The van der Waals surface area contributed by atoms with Crippen molar-refractivity contribution in [2.75, 3.05) is 0 Å². The zero-order valence-corrected chi connectivity index (χ0v) is 19.9. The Labute approximate surface area is 188 Å². The highest BCUT2D eigenvalue weighted by atomic mass is 16.5. The summed E-state index contributed by atoms with van der Waals surface area (Å²) in [6.45, 7) is 7.97. The molecule has 0 aromatic heterocycles. The van der Waals surface area contributed by atoms with Crippen LogP contribution in [0.2, 0.25) is 0 Å². The van der Waals surface area contributed by atoms with Gasteiger partial charge in [0.05, 0.1) is 5.41 Å². The summed E-state index contributed by atoms with van der Waals surface area (Å²) in [6.07, 6.45) is 11.9. The largest absolute Gasteiger partial charge is 0.508 e. The molecule has 0 bridgehead atoms. The molecule has 31 heavy (non-hydrogen) atoms. The number of carbonyl (C=O) groups excluding carboxylic acids is 1. The van der Waals surface area contributed by atoms with E-state index in [9.17, 15) is 14.7 Å². The Morgan fingerprint density at radius 1 is 0.839 bits per heavy atom. The standard InChI is InChI=1S/C26H42O5/c1-25(2,24(29)30)15-11-7-5-9-13-21-17-22(19-23(28)18-21)14-10-6-8-12-16-26(3,4)31-20-27/h17-20,28H,5-16H2,1-4H3,(H,29,30). The summed E-state index contributed by atoms with van der Waals surface area (Å²) in [7, 11) is 0. The first-order chi connectivity index (χ1) is 14.6. The molecule has 0 fully saturated rings. The predicted molar refractivity (Wildman–Crippen MR) is 124 cm³/mol. The zero-order valence-electron chi connectivity index (χ0n) is 19.9. The van der Waals surface area contributed by atoms with Crippen LogP contribution in [0, 0.1) is 5.41 Å². The average molecular weight is 435 g/mol. The van der Waals surface area contributed by atoms with Gasteiger partial charge in [0, 0.05) is 0 Å². The van der Waals surface area contributed by atoms with E-state index in [2.05, 4.69) is 6.07 Å². The van der Waals surface area contributed by atoms with Crippen LogP contribution in [0.25, 0.3) is 0 Å². The molecule has 0 radical (unpaired) electrons. The number of carboxylic acid groups (broad SMARTS) is 1. The van der Waals surface area contributed by atoms with Crippen molar-refractivity contribution in [3.05, 3.63) is 29.3 Å². The van der Waals surface area contributed by atoms with Crippen LogP contribution in [-0.2, 0) is 27.2 Å². The Kier molecular flexibility index (Phi) is 11.7. The lowest BCUT2D eigenvalue weighted by molar-refractivity contribution is -0.147. The van der Waals surface area contributed by atoms with Crippen LogP contribution < -0.4 is 0 Å². The summed E-state index contributed by atoms with van der Waals surface area (Å²) in [5.41, 5.74) is 1.34. The van der Waals surface area contributed by atoms with E-state index in [-0.39, 0.29) is 5.60 Å². The molecule has 176 valence electrons. The van der Waals surface area contributed by atoms with Gasteiger partial charge >= 0.3 is 5.97 Å². The lowest BCUT2D eigenvalue weighted by Crippen LogP contribution is -2.23. The molecule has 5 heteroatoms. The minimum Gasteiger partial charge on any atom is -0.508 e. The lowest BCUT2D eigenvalue weighted by atomic mass is 9.87. The Morgan fingerprint density at radius 3 is 1.81 bits per heavy atom. The van der Waals surface area contributed by atoms with Crippen molar-refractivity contribution in [2.45, 2.75) is 110 Å². The van der Waals surface area contributed by atoms with E-state index in [0.717, 1.165) is 70.6 Å². The molecule has 0 atom stereocenters. The molecule has 0 saturated carbocycles. The predicted octanol–water partition coefficient (Wildman–Crippen LogP) is 6.44. The number of carboxylic acids is 1. The molecule has 0 unspecified atom stereocenters. The molecule has 1 aromatic rings. The topological polar surface area (TPSA) is 83.8 Å². The molecular formula is C26H42O5. The number of benzene rings is 1. The molecule has 0 aliphatic rings. The number of aliphatic carboxylic acids is 1. The van der Waals surface area contributed by atoms with Gasteiger partial charge in [0.25, 0.3) is 6.47 Å². The third kappa shape index (κ3) is 11.8. The molecule has 0 heterocycles. The molecule has 0 amide bonds. The smallest absolute Gasteiger partial charge is 0.309 e. The number of aryl methyl sites for hydroxylation is 2. The van der Waals surface area contributed by atoms with Crippen molar-refractivity contribution in [2.24, 2.45) is 5.41 Å². The maximum absolute atomic E-state index is 11.1. The van der Waals surface area contributed by atoms with E-state index in [1.165, 1.54) is 11.1 Å². The number of ether oxygens (including phenoxy) is 1. The number of unbranched alkanes of at least 4 members (excludes halogenated alkanes) is 6. The van der Waals surface area contributed by atoms with Gasteiger partial charge in [-0.25, -0.2) is 0 Å². The third-order valence-corrected chi connectivity index (χ3v) is 5.99. The van der Waals surface area contributed by atoms with Gasteiger partial charge in [0.15, 0.2) is 0 Å². The quantitative estimate of drug-likeness (QED) is 0.218. The van der Waals surface area contributed by atoms with Crippen LogP contribution >= 0.6 is 0 Å². The van der Waals surface area contributed by atoms with Crippen LogP contribution in [0.1, 0.15) is 103 Å². The maximum atomic E-state index is 11.1. The number of hydrogen-bond donors (Lipinski definition) is 2. The van der Waals surface area contributed by atoms with E-state index in [4.69, 9.17) is 9.84 Å². The Bertz CT molecular complexity index is 678. The fourth-order valence-electron chi connectivity index (χ4n) is 3.81. The molecule has 0 spiro atoms. The molecule has 0 aliphatic heterocycles. The van der Waals surface area contributed by atoms with Crippen LogP contribution in [0.5, 0.6) is 5.75 Å². The van der Waals surface area contributed by atoms with Gasteiger partial charge in [-0.1, -0.05) is 38.2 Å². The SMILES string of the molecule is CC(C)(CCCCCCc1cc(O)cc(CCCCCCC(C)(C)C(=O)O)c1)OC=O. The molecular weight excluding hydrogens is 392 g/mol. The van der Waals surface area contributed by atoms with E-state index >= 15 is 0 Å². The second-order valence-electron chi connectivity index (χ2n) is 10.00. The van der Waals surface area contributed by atoms with E-state index < -0.39 is 11.4 Å². The number of phenols is 1. The fourth-order valence-corrected chi connectivity index (χ4v) is 3.81. The maximum Gasteiger partial charge on any atom is 0.309 e. The molecule has 1 rings (SSSR count). The second kappa shape index (κ2) is 13.4. The van der Waals surface area contributed by atoms with Crippen molar-refractivity contribution in [1.29, 1.82) is 0 Å². The molecule has 1 aromatic carbocycles. The van der Waals surface area contributed by atoms with E-state index in [1.54, 1.807) is 13.8 Å². The van der Waals surface area contributed by atoms with Crippen molar-refractivity contribution in [3.63, 3.8) is 0 Å². The summed E-state index contributed by atoms with van der Waals surface area (Å²) in [4.78, 5) is 21.6. The number of phenolic OH excluding ortho intramolecular Hbond substituents is 1. The minimum absolute atomic E-state index is 0.337. The number of rotatable bonds is 17. The fraction of sp³-hybridized carbons (Fsp3) is 0.692. The first-order valence-corrected chi connectivity index (χ1v) is 11.7. The van der Waals surface area contributed by atoms with Crippen LogP contribution in [-0.4, -0.2) is 28.3 Å². The van der Waals surface area contributed by atoms with Crippen molar-refractivity contribution in [1.82, 2.24) is 0 Å². The summed E-state index contributed by atoms with van der Waals surface area (Å²) in [6, 6.07) is 5.92. The van der Waals surface area contributed by atoms with Crippen LogP contribution in [0.15, 0.2) is 18.2 Å². The highest BCUT2D eigenvalue weighted by molar-refractivity contribution is 5.73. The third-order valence-electron chi connectivity index (χ3n) is 5.99. The van der Waals surface area contributed by atoms with Gasteiger partial charge in [-0.15, -0.1) is 0 Å². The Balaban J connectivity index is 2.27. The first-order valence-electron chi connectivity index (χ1n) is 11.7. The van der Waals surface area contributed by atoms with Gasteiger partial charge in [-0.05, 0) is 95.9 Å². The Morgan fingerprint density at radius 2 is 1.32 bits per heavy atom. The number of aromatic hydroxyl groups is 1. The molecule has 2 N–H and O–H groups in total. The summed E-state index contributed by atoms with van der Waals surface area (Å²) >= 11 is 0. The van der Waals surface area contributed by atoms with Gasteiger partial charge in [-0.2, -0.15) is 0 Å². The van der Waals surface area contributed by atoms with Gasteiger partial charge in [0.1, 0.15) is 11.4 Å². The van der Waals surface area contributed by atoms with E-state index in [0.29, 0.717) is 18.6 Å². The van der Waals surface area contributed by atoms with Crippen molar-refractivity contribution in [3.8, 4) is 5.75 Å². The van der Waals surface area contributed by atoms with Gasteiger partial charge in [0.2, 0.25) is 0 Å². The summed E-state index contributed by atoms with van der Waals surface area (Å²) in [5, 5.41) is 19.2. The van der Waals surface area contributed by atoms with Crippen molar-refractivity contribution < 1.29 is 24.5 Å². The highest BCUT2D eigenvalue weighted by Gasteiger charge is 2.25. The summed E-state index contributed by atoms with van der Waals surface area (Å²) in [5.74, 6) is -0.390. The van der Waals surface area contributed by atoms with Crippen molar-refractivity contribution >= 4 is 12.4 Å². The average Bonchev–Trinajstić information content (AvgIpc) is 2.66. The highest BCUT2D eigenvalue weighted by Crippen LogP contribution is 2.25. The normalized spacial score (nSPS) is 12.0. The molecule has 0 saturated heterocycles. The number of hydrogen-bond acceptors (Lipinski definition) is 4. The summed E-state index contributed by atoms with van der Waals surface area (Å²) < 4.78 is 5.08. The number of carbonyl (C=O) groups is 2. The van der Waals surface area contributed by atoms with Crippen LogP contribution in [0.4, 0.5) is 0 Å². The lowest BCUT2D eigenvalue weighted by Gasteiger charge is -2.22. The van der Waals surface area contributed by atoms with Crippen LogP contribution in [0.3, 0.4) is 0 Å². The zero-order chi connectivity index (χ0) is 23.3. The molecule has 0 aliphatic carbocycles. The minimum atomic E-state index is -0.726. The Hall–Kier alpha value is -2.04. The van der Waals surface area contributed by atoms with E-state index in [1.807, 2.05) is 26.0 Å². The second-order valence-corrected chi connectivity index (χ2v) is 10.00. The van der Waals surface area contributed by atoms with Gasteiger partial charge in [-0.3, -0.25) is 9.59 Å². The molecule has 5 nitrogen and oxygen atoms in total. The first kappa shape index (κ1) is 27.0.